The van der Waals surface area contributed by atoms with Crippen molar-refractivity contribution in [3.05, 3.63) is 95.2 Å². The summed E-state index contributed by atoms with van der Waals surface area (Å²) in [7, 11) is 4.33. The molecule has 0 saturated carbocycles. The van der Waals surface area contributed by atoms with Gasteiger partial charge in [-0.2, -0.15) is 5.26 Å². The van der Waals surface area contributed by atoms with E-state index in [1.165, 1.54) is 30.9 Å². The third-order valence-electron chi connectivity index (χ3n) is 5.69. The Kier molecular flexibility index (Phi) is 7.12. The molecule has 1 unspecified atom stereocenters. The van der Waals surface area contributed by atoms with Gasteiger partial charge in [-0.3, -0.25) is 4.90 Å². The van der Waals surface area contributed by atoms with Gasteiger partial charge in [0.2, 0.25) is 0 Å². The molecule has 0 amide bonds. The topological polar surface area (TPSA) is 123 Å². The van der Waals surface area contributed by atoms with E-state index < -0.39 is 17.9 Å². The van der Waals surface area contributed by atoms with E-state index in [0.717, 1.165) is 10.1 Å². The van der Waals surface area contributed by atoms with Crippen molar-refractivity contribution < 1.29 is 19.1 Å². The third kappa shape index (κ3) is 4.44. The van der Waals surface area contributed by atoms with E-state index in [1.807, 2.05) is 36.0 Å². The first-order chi connectivity index (χ1) is 17.4. The van der Waals surface area contributed by atoms with E-state index in [-0.39, 0.29) is 22.7 Å². The maximum atomic E-state index is 13.1. The number of hydrogen-bond donors (Lipinski definition) is 1. The average Bonchev–Trinajstić information content (AvgIpc) is 3.31. The second kappa shape index (κ2) is 10.4. The number of imidazole rings is 1. The monoisotopic (exact) mass is 501 g/mol. The Morgan fingerprint density at radius 2 is 1.72 bits per heavy atom. The number of carbonyl (C=O) groups is 2. The quantitative estimate of drug-likeness (QED) is 0.506. The summed E-state index contributed by atoms with van der Waals surface area (Å²) in [5, 5.41) is 10.9. The number of rotatable bonds is 6. The van der Waals surface area contributed by atoms with Crippen molar-refractivity contribution >= 4 is 29.4 Å². The van der Waals surface area contributed by atoms with Gasteiger partial charge in [0.25, 0.3) is 0 Å². The molecule has 2 heterocycles. The largest absolute Gasteiger partial charge is 0.466 e. The van der Waals surface area contributed by atoms with Crippen LogP contribution in [0.5, 0.6) is 0 Å². The first-order valence-electron chi connectivity index (χ1n) is 10.8. The second-order valence-corrected chi connectivity index (χ2v) is 8.79. The molecule has 1 aliphatic rings. The summed E-state index contributed by atoms with van der Waals surface area (Å²) in [4.78, 5) is 32.8. The van der Waals surface area contributed by atoms with Gasteiger partial charge in [-0.05, 0) is 29.8 Å². The van der Waals surface area contributed by atoms with Crippen molar-refractivity contribution in [1.82, 2.24) is 9.55 Å². The van der Waals surface area contributed by atoms with E-state index in [1.54, 1.807) is 42.6 Å². The first-order valence-corrected chi connectivity index (χ1v) is 11.6. The standard InChI is InChI=1S/C26H23N5O4S/c1-30-14-13-29-26(30)36-18-11-9-17(10-12-18)31-22(25(33)35-3)21(24(32)34-2)20(19(15-27)23(31)28)16-7-5-4-6-8-16/h4-14,20H,28H2,1-3H3. The van der Waals surface area contributed by atoms with Gasteiger partial charge in [0, 0.05) is 30.0 Å². The van der Waals surface area contributed by atoms with Crippen LogP contribution in [0, 0.1) is 11.3 Å². The van der Waals surface area contributed by atoms with Crippen molar-refractivity contribution in [3.8, 4) is 6.07 Å². The number of nitrogens with zero attached hydrogens (tertiary/aromatic N) is 4. The van der Waals surface area contributed by atoms with Crippen molar-refractivity contribution in [2.75, 3.05) is 19.1 Å². The summed E-state index contributed by atoms with van der Waals surface area (Å²) >= 11 is 1.46. The summed E-state index contributed by atoms with van der Waals surface area (Å²) in [5.74, 6) is -2.45. The number of nitriles is 1. The van der Waals surface area contributed by atoms with Gasteiger partial charge in [-0.1, -0.05) is 42.1 Å². The molecule has 36 heavy (non-hydrogen) atoms. The number of hydrogen-bond acceptors (Lipinski definition) is 9. The number of aryl methyl sites for hydroxylation is 1. The van der Waals surface area contributed by atoms with Gasteiger partial charge in [-0.15, -0.1) is 0 Å². The highest BCUT2D eigenvalue weighted by molar-refractivity contribution is 7.99. The summed E-state index contributed by atoms with van der Waals surface area (Å²) in [6, 6.07) is 18.2. The highest BCUT2D eigenvalue weighted by Gasteiger charge is 2.42. The fraction of sp³-hybridized carbons (Fsp3) is 0.154. The van der Waals surface area contributed by atoms with Gasteiger partial charge in [0.1, 0.15) is 11.5 Å². The zero-order valence-corrected chi connectivity index (χ0v) is 20.7. The van der Waals surface area contributed by atoms with Gasteiger partial charge >= 0.3 is 11.9 Å². The number of aromatic nitrogens is 2. The van der Waals surface area contributed by atoms with Gasteiger partial charge in [-0.25, -0.2) is 14.6 Å². The molecule has 2 N–H and O–H groups in total. The van der Waals surface area contributed by atoms with Crippen molar-refractivity contribution in [1.29, 1.82) is 5.26 Å². The van der Waals surface area contributed by atoms with Crippen LogP contribution in [0.4, 0.5) is 5.69 Å². The molecule has 1 atom stereocenters. The third-order valence-corrected chi connectivity index (χ3v) is 6.78. The van der Waals surface area contributed by atoms with Crippen molar-refractivity contribution in [3.63, 3.8) is 0 Å². The van der Waals surface area contributed by atoms with Crippen LogP contribution in [0.15, 0.2) is 99.7 Å². The molecule has 4 rings (SSSR count). The van der Waals surface area contributed by atoms with Gasteiger partial charge in [0.15, 0.2) is 5.16 Å². The van der Waals surface area contributed by atoms with E-state index in [0.29, 0.717) is 11.3 Å². The normalized spacial score (nSPS) is 15.5. The fourth-order valence-electron chi connectivity index (χ4n) is 4.00. The number of allylic oxidation sites excluding steroid dienone is 1. The predicted octanol–water partition coefficient (Wildman–Crippen LogP) is 3.47. The molecule has 1 aliphatic heterocycles. The van der Waals surface area contributed by atoms with Crippen LogP contribution >= 0.6 is 11.8 Å². The predicted molar refractivity (Wildman–Crippen MR) is 133 cm³/mol. The van der Waals surface area contributed by atoms with E-state index in [9.17, 15) is 14.9 Å². The number of methoxy groups -OCH3 is 2. The lowest BCUT2D eigenvalue weighted by molar-refractivity contribution is -0.139. The maximum absolute atomic E-state index is 13.1. The zero-order valence-electron chi connectivity index (χ0n) is 19.8. The van der Waals surface area contributed by atoms with E-state index in [2.05, 4.69) is 11.1 Å². The maximum Gasteiger partial charge on any atom is 0.355 e. The van der Waals surface area contributed by atoms with Crippen LogP contribution in [0.1, 0.15) is 11.5 Å². The number of anilines is 1. The van der Waals surface area contributed by atoms with E-state index in [4.69, 9.17) is 15.2 Å². The van der Waals surface area contributed by atoms with Gasteiger partial charge in [0.05, 0.1) is 37.4 Å². The Balaban J connectivity index is 1.89. The minimum absolute atomic E-state index is 0.0175. The number of esters is 2. The molecule has 0 fully saturated rings. The SMILES string of the molecule is COC(=O)C1=C(C(=O)OC)N(c2ccc(Sc3nccn3C)cc2)C(N)=C(C#N)C1c1ccccc1. The molecule has 0 saturated heterocycles. The lowest BCUT2D eigenvalue weighted by Crippen LogP contribution is -2.40. The highest BCUT2D eigenvalue weighted by atomic mass is 32.2. The average molecular weight is 502 g/mol. The van der Waals surface area contributed by atoms with Crippen LogP contribution in [0.3, 0.4) is 0 Å². The molecule has 2 aromatic carbocycles. The fourth-order valence-corrected chi connectivity index (χ4v) is 4.80. The number of nitrogens with two attached hydrogens (primary N) is 1. The van der Waals surface area contributed by atoms with Crippen LogP contribution < -0.4 is 10.6 Å². The lowest BCUT2D eigenvalue weighted by Gasteiger charge is -2.35. The smallest absolute Gasteiger partial charge is 0.355 e. The second-order valence-electron chi connectivity index (χ2n) is 7.75. The molecule has 10 heteroatoms. The highest BCUT2D eigenvalue weighted by Crippen LogP contribution is 2.43. The summed E-state index contributed by atoms with van der Waals surface area (Å²) in [6.07, 6.45) is 3.56. The van der Waals surface area contributed by atoms with Crippen LogP contribution in [-0.2, 0) is 26.1 Å². The minimum Gasteiger partial charge on any atom is -0.466 e. The Labute approximate surface area is 212 Å². The van der Waals surface area contributed by atoms with Gasteiger partial charge < -0.3 is 19.8 Å². The molecule has 0 radical (unpaired) electrons. The molecular formula is C26H23N5O4S. The number of ether oxygens (including phenoxy) is 2. The zero-order chi connectivity index (χ0) is 25.8. The Bertz CT molecular complexity index is 1400. The van der Waals surface area contributed by atoms with Crippen molar-refractivity contribution in [2.45, 2.75) is 16.0 Å². The Morgan fingerprint density at radius 1 is 1.06 bits per heavy atom. The summed E-state index contributed by atoms with van der Waals surface area (Å²) in [5.41, 5.74) is 7.57. The molecule has 9 nitrogen and oxygen atoms in total. The molecular weight excluding hydrogens is 478 g/mol. The lowest BCUT2D eigenvalue weighted by atomic mass is 9.81. The van der Waals surface area contributed by atoms with Crippen molar-refractivity contribution in [2.24, 2.45) is 12.8 Å². The minimum atomic E-state index is -0.910. The number of benzene rings is 2. The molecule has 182 valence electrons. The molecule has 0 spiro atoms. The Hall–Kier alpha value is -4.49. The summed E-state index contributed by atoms with van der Waals surface area (Å²) < 4.78 is 12.0. The number of carbonyl (C=O) groups excluding carboxylic acids is 2. The molecule has 3 aromatic rings. The molecule has 0 aliphatic carbocycles. The first kappa shape index (κ1) is 24.6. The molecule has 0 bridgehead atoms. The van der Waals surface area contributed by atoms with E-state index >= 15 is 0 Å². The van der Waals surface area contributed by atoms with Crippen LogP contribution in [-0.4, -0.2) is 35.7 Å². The van der Waals surface area contributed by atoms with Crippen LogP contribution in [0.2, 0.25) is 0 Å². The summed E-state index contributed by atoms with van der Waals surface area (Å²) in [6.45, 7) is 0. The molecule has 1 aromatic heterocycles. The Morgan fingerprint density at radius 3 is 2.28 bits per heavy atom. The van der Waals surface area contributed by atoms with Crippen LogP contribution in [0.25, 0.3) is 0 Å².